The van der Waals surface area contributed by atoms with E-state index in [2.05, 4.69) is 97.5 Å². The van der Waals surface area contributed by atoms with E-state index in [0.29, 0.717) is 11.8 Å². The molecule has 1 radical (unpaired) electrons. The van der Waals surface area contributed by atoms with Gasteiger partial charge in [0.2, 0.25) is 0 Å². The smallest absolute Gasteiger partial charge is 0.120 e. The summed E-state index contributed by atoms with van der Waals surface area (Å²) in [5, 5.41) is 2.24. The second-order valence-corrected chi connectivity index (χ2v) is 10.7. The molecule has 0 saturated heterocycles. The third-order valence-corrected chi connectivity index (χ3v) is 7.62. The number of para-hydroxylation sites is 1. The van der Waals surface area contributed by atoms with Crippen LogP contribution in [0, 0.1) is 12.1 Å². The Labute approximate surface area is 267 Å². The Morgan fingerprint density at radius 1 is 0.605 bits per heavy atom. The quantitative estimate of drug-likeness (QED) is 0.165. The van der Waals surface area contributed by atoms with Crippen LogP contribution in [0.1, 0.15) is 49.3 Å². The molecule has 43 heavy (non-hydrogen) atoms. The van der Waals surface area contributed by atoms with Gasteiger partial charge in [-0.15, -0.1) is 53.6 Å². The molecule has 1 unspecified atom stereocenters. The third kappa shape index (κ3) is 6.51. The van der Waals surface area contributed by atoms with Gasteiger partial charge < -0.3 is 14.4 Å². The van der Waals surface area contributed by atoms with E-state index in [-0.39, 0.29) is 20.1 Å². The topological polar surface area (TPSA) is 38.9 Å². The summed E-state index contributed by atoms with van der Waals surface area (Å²) >= 11 is 0. The van der Waals surface area contributed by atoms with Crippen molar-refractivity contribution in [2.24, 2.45) is 0 Å². The molecule has 0 aliphatic rings. The average Bonchev–Trinajstić information content (AvgIpc) is 3.45. The van der Waals surface area contributed by atoms with E-state index in [1.807, 2.05) is 73.1 Å². The number of furan rings is 1. The first-order chi connectivity index (χ1) is 20.6. The summed E-state index contributed by atoms with van der Waals surface area (Å²) in [6.07, 6.45) is 3.69. The van der Waals surface area contributed by atoms with Crippen LogP contribution < -0.4 is 0 Å². The van der Waals surface area contributed by atoms with Crippen LogP contribution in [0.3, 0.4) is 0 Å². The minimum Gasteiger partial charge on any atom is -0.501 e. The number of pyridine rings is 2. The molecule has 7 aromatic rings. The maximum atomic E-state index is 6.07. The molecule has 1 atom stereocenters. The van der Waals surface area contributed by atoms with Crippen LogP contribution in [0.4, 0.5) is 0 Å². The third-order valence-electron chi connectivity index (χ3n) is 7.62. The van der Waals surface area contributed by atoms with E-state index >= 15 is 0 Å². The van der Waals surface area contributed by atoms with Crippen LogP contribution in [-0.4, -0.2) is 9.97 Å². The Kier molecular flexibility index (Phi) is 9.61. The van der Waals surface area contributed by atoms with Crippen LogP contribution in [0.25, 0.3) is 44.5 Å². The van der Waals surface area contributed by atoms with Gasteiger partial charge in [-0.25, -0.2) is 0 Å². The fourth-order valence-electron chi connectivity index (χ4n) is 5.29. The Morgan fingerprint density at radius 2 is 1.35 bits per heavy atom. The summed E-state index contributed by atoms with van der Waals surface area (Å²) in [7, 11) is 0. The van der Waals surface area contributed by atoms with E-state index in [4.69, 9.17) is 4.42 Å². The first-order valence-electron chi connectivity index (χ1n) is 14.4. The van der Waals surface area contributed by atoms with E-state index in [9.17, 15) is 0 Å². The van der Waals surface area contributed by atoms with Crippen molar-refractivity contribution in [3.05, 3.63) is 156 Å². The largest absolute Gasteiger partial charge is 0.501 e. The minimum absolute atomic E-state index is 0. The molecule has 3 aromatic heterocycles. The standard InChI is InChI=1S/C20H16NO.C19H16N.Ir/c1-13(2)14-10-11-21-18(12-14)17-8-5-7-16-15-6-3-4-9-19(15)22-20(16)17;1-15(16-9-3-2-4-10-16)17-11-5-6-12-18(17)19-13-7-8-14-20-19;/h3-7,9-13H,1-2H3;2-11,13-15H,1H3;/q2*-1;. The normalized spacial score (nSPS) is 11.5. The number of hydrogen-bond donors (Lipinski definition) is 0. The molecule has 0 aliphatic heterocycles. The predicted octanol–water partition coefficient (Wildman–Crippen LogP) is 10.3. The predicted molar refractivity (Wildman–Crippen MR) is 172 cm³/mol. The molecule has 0 saturated carbocycles. The van der Waals surface area contributed by atoms with Gasteiger partial charge in [-0.1, -0.05) is 104 Å². The van der Waals surface area contributed by atoms with E-state index in [0.717, 1.165) is 44.5 Å². The van der Waals surface area contributed by atoms with Crippen molar-refractivity contribution >= 4 is 21.9 Å². The zero-order chi connectivity index (χ0) is 28.9. The Morgan fingerprint density at radius 3 is 2.14 bits per heavy atom. The van der Waals surface area contributed by atoms with Gasteiger partial charge in [-0.3, -0.25) is 0 Å². The first-order valence-corrected chi connectivity index (χ1v) is 14.4. The molecular formula is C39H32IrN2O-2. The number of benzene rings is 4. The molecule has 4 aromatic carbocycles. The van der Waals surface area contributed by atoms with Crippen molar-refractivity contribution in [3.63, 3.8) is 0 Å². The van der Waals surface area contributed by atoms with Gasteiger partial charge in [0.05, 0.1) is 5.58 Å². The molecule has 0 spiro atoms. The van der Waals surface area contributed by atoms with Crippen molar-refractivity contribution in [2.45, 2.75) is 32.6 Å². The van der Waals surface area contributed by atoms with Gasteiger partial charge in [0.1, 0.15) is 5.58 Å². The Hall–Kier alpha value is -4.37. The van der Waals surface area contributed by atoms with Gasteiger partial charge in [-0.2, -0.15) is 0 Å². The number of hydrogen-bond acceptors (Lipinski definition) is 3. The summed E-state index contributed by atoms with van der Waals surface area (Å²) in [6, 6.07) is 45.6. The maximum absolute atomic E-state index is 6.07. The van der Waals surface area contributed by atoms with Crippen LogP contribution in [0.2, 0.25) is 0 Å². The van der Waals surface area contributed by atoms with Crippen LogP contribution in [0.5, 0.6) is 0 Å². The van der Waals surface area contributed by atoms with Gasteiger partial charge in [0.15, 0.2) is 0 Å². The van der Waals surface area contributed by atoms with Crippen LogP contribution >= 0.6 is 0 Å². The molecule has 3 heterocycles. The second-order valence-electron chi connectivity index (χ2n) is 10.7. The minimum atomic E-state index is 0. The molecule has 3 nitrogen and oxygen atoms in total. The first kappa shape index (κ1) is 30.1. The van der Waals surface area contributed by atoms with Crippen LogP contribution in [-0.2, 0) is 20.1 Å². The number of aromatic nitrogens is 2. The average molecular weight is 737 g/mol. The summed E-state index contributed by atoms with van der Waals surface area (Å²) in [6.45, 7) is 6.60. The molecule has 0 amide bonds. The summed E-state index contributed by atoms with van der Waals surface area (Å²) < 4.78 is 6.07. The van der Waals surface area contributed by atoms with Crippen molar-refractivity contribution in [2.75, 3.05) is 0 Å². The molecule has 215 valence electrons. The summed E-state index contributed by atoms with van der Waals surface area (Å²) in [5.74, 6) is 0.794. The second kappa shape index (κ2) is 13.7. The molecular weight excluding hydrogens is 705 g/mol. The summed E-state index contributed by atoms with van der Waals surface area (Å²) in [5.41, 5.74) is 9.51. The molecule has 0 aliphatic carbocycles. The van der Waals surface area contributed by atoms with Gasteiger partial charge in [0.25, 0.3) is 0 Å². The van der Waals surface area contributed by atoms with Gasteiger partial charge >= 0.3 is 0 Å². The SMILES string of the molecule is CC(C)c1ccnc(-c2[c-]ccc3c2oc2ccccc23)c1.CC(c1ccccc1)c1ccc[c-]c1-c1ccccn1.[Ir]. The molecule has 4 heteroatoms. The van der Waals surface area contributed by atoms with E-state index in [1.165, 1.54) is 16.7 Å². The zero-order valence-electron chi connectivity index (χ0n) is 24.4. The van der Waals surface area contributed by atoms with E-state index < -0.39 is 0 Å². The monoisotopic (exact) mass is 737 g/mol. The molecule has 7 rings (SSSR count). The number of nitrogens with zero attached hydrogens (tertiary/aromatic N) is 2. The van der Waals surface area contributed by atoms with Crippen molar-refractivity contribution in [1.29, 1.82) is 0 Å². The fraction of sp³-hybridized carbons (Fsp3) is 0.128. The Bertz CT molecular complexity index is 1930. The van der Waals surface area contributed by atoms with Gasteiger partial charge in [-0.05, 0) is 47.0 Å². The van der Waals surface area contributed by atoms with E-state index in [1.54, 1.807) is 0 Å². The number of fused-ring (bicyclic) bond motifs is 3. The zero-order valence-corrected chi connectivity index (χ0v) is 26.8. The molecule has 0 fully saturated rings. The van der Waals surface area contributed by atoms with Crippen LogP contribution in [0.15, 0.2) is 132 Å². The summed E-state index contributed by atoms with van der Waals surface area (Å²) in [4.78, 5) is 8.98. The van der Waals surface area contributed by atoms with Gasteiger partial charge in [0, 0.05) is 37.9 Å². The van der Waals surface area contributed by atoms with Crippen molar-refractivity contribution in [3.8, 4) is 22.5 Å². The number of rotatable bonds is 5. The maximum Gasteiger partial charge on any atom is 0.120 e. The Balaban J connectivity index is 0.000000168. The fourth-order valence-corrected chi connectivity index (χ4v) is 5.29. The molecule has 0 N–H and O–H groups in total. The van der Waals surface area contributed by atoms with Crippen molar-refractivity contribution < 1.29 is 24.5 Å². The van der Waals surface area contributed by atoms with Crippen molar-refractivity contribution in [1.82, 2.24) is 9.97 Å². The molecule has 0 bridgehead atoms.